The molecule has 2 amide bonds. The number of hydrogen-bond acceptors (Lipinski definition) is 4. The fourth-order valence-corrected chi connectivity index (χ4v) is 4.38. The highest BCUT2D eigenvalue weighted by Crippen LogP contribution is 2.35. The molecule has 1 aliphatic heterocycles. The minimum absolute atomic E-state index is 0.0711. The van der Waals surface area contributed by atoms with Crippen molar-refractivity contribution in [3.05, 3.63) is 40.1 Å². The third kappa shape index (κ3) is 4.30. The average molecular weight is 375 g/mol. The summed E-state index contributed by atoms with van der Waals surface area (Å²) in [5.74, 6) is 1.31. The molecular weight excluding hydrogens is 348 g/mol. The van der Waals surface area contributed by atoms with Crippen molar-refractivity contribution in [2.24, 2.45) is 0 Å². The van der Waals surface area contributed by atoms with Crippen LogP contribution >= 0.6 is 11.3 Å². The summed E-state index contributed by atoms with van der Waals surface area (Å²) in [5.41, 5.74) is 0.677. The van der Waals surface area contributed by atoms with Crippen molar-refractivity contribution in [3.8, 4) is 11.5 Å². The Labute approximate surface area is 158 Å². The van der Waals surface area contributed by atoms with Gasteiger partial charge in [0.2, 0.25) is 0 Å². The molecule has 1 atom stereocenters. The number of carbonyl (C=O) groups excluding carboxylic acids is 1. The maximum absolute atomic E-state index is 13.0. The first-order valence-electron chi connectivity index (χ1n) is 8.97. The number of aryl methyl sites for hydroxylation is 1. The Morgan fingerprint density at radius 1 is 1.12 bits per heavy atom. The number of urea groups is 1. The third-order valence-corrected chi connectivity index (χ3v) is 5.81. The average Bonchev–Trinajstić information content (AvgIpc) is 2.93. The van der Waals surface area contributed by atoms with Crippen LogP contribution in [0.3, 0.4) is 0 Å². The van der Waals surface area contributed by atoms with E-state index in [4.69, 9.17) is 9.47 Å². The molecule has 0 spiro atoms. The van der Waals surface area contributed by atoms with Gasteiger partial charge in [-0.15, -0.1) is 11.3 Å². The molecule has 0 bridgehead atoms. The van der Waals surface area contributed by atoms with Gasteiger partial charge in [0.05, 0.1) is 20.3 Å². The zero-order valence-corrected chi connectivity index (χ0v) is 16.4. The lowest BCUT2D eigenvalue weighted by Gasteiger charge is -2.29. The fourth-order valence-electron chi connectivity index (χ4n) is 3.35. The Bertz CT molecular complexity index is 737. The highest BCUT2D eigenvalue weighted by atomic mass is 32.1. The molecule has 140 valence electrons. The quantitative estimate of drug-likeness (QED) is 0.798. The molecule has 2 aromatic rings. The second-order valence-electron chi connectivity index (χ2n) is 6.54. The monoisotopic (exact) mass is 374 g/mol. The number of ether oxygens (including phenoxy) is 2. The van der Waals surface area contributed by atoms with Crippen molar-refractivity contribution in [3.63, 3.8) is 0 Å². The van der Waals surface area contributed by atoms with Crippen LogP contribution < -0.4 is 14.8 Å². The van der Waals surface area contributed by atoms with Gasteiger partial charge < -0.3 is 19.7 Å². The van der Waals surface area contributed by atoms with Crippen LogP contribution in [0.1, 0.15) is 41.5 Å². The first-order valence-corrected chi connectivity index (χ1v) is 9.79. The van der Waals surface area contributed by atoms with Crippen LogP contribution in [0.2, 0.25) is 0 Å². The van der Waals surface area contributed by atoms with Gasteiger partial charge in [-0.3, -0.25) is 0 Å². The largest absolute Gasteiger partial charge is 0.497 e. The zero-order valence-electron chi connectivity index (χ0n) is 15.6. The maximum Gasteiger partial charge on any atom is 0.322 e. The van der Waals surface area contributed by atoms with E-state index in [0.717, 1.165) is 32.2 Å². The molecule has 26 heavy (non-hydrogen) atoms. The van der Waals surface area contributed by atoms with Gasteiger partial charge in [0.15, 0.2) is 0 Å². The van der Waals surface area contributed by atoms with Crippen molar-refractivity contribution in [2.45, 2.75) is 38.6 Å². The van der Waals surface area contributed by atoms with E-state index in [-0.39, 0.29) is 12.1 Å². The summed E-state index contributed by atoms with van der Waals surface area (Å²) in [4.78, 5) is 17.6. The number of hydrogen-bond donors (Lipinski definition) is 1. The fraction of sp³-hybridized carbons (Fsp3) is 0.450. The van der Waals surface area contributed by atoms with E-state index in [1.165, 1.54) is 9.75 Å². The van der Waals surface area contributed by atoms with Crippen molar-refractivity contribution in [2.75, 3.05) is 26.1 Å². The Morgan fingerprint density at radius 2 is 1.85 bits per heavy atom. The van der Waals surface area contributed by atoms with Crippen LogP contribution in [0.4, 0.5) is 10.5 Å². The smallest absolute Gasteiger partial charge is 0.322 e. The van der Waals surface area contributed by atoms with Gasteiger partial charge in [-0.25, -0.2) is 4.79 Å². The molecule has 1 aromatic carbocycles. The number of carbonyl (C=O) groups is 1. The van der Waals surface area contributed by atoms with Crippen LogP contribution in [0.25, 0.3) is 0 Å². The lowest BCUT2D eigenvalue weighted by atomic mass is 10.1. The SMILES string of the molecule is COc1cc(NC(=O)N2CCCCC[C@H]2c2ccc(C)s2)cc(OC)c1. The first-order chi connectivity index (χ1) is 12.6. The van der Waals surface area contributed by atoms with Gasteiger partial charge >= 0.3 is 6.03 Å². The number of methoxy groups -OCH3 is 2. The molecule has 1 saturated heterocycles. The Morgan fingerprint density at radius 3 is 2.46 bits per heavy atom. The molecule has 1 N–H and O–H groups in total. The summed E-state index contributed by atoms with van der Waals surface area (Å²) in [6.45, 7) is 2.88. The summed E-state index contributed by atoms with van der Waals surface area (Å²) in [7, 11) is 3.20. The van der Waals surface area contributed by atoms with Crippen molar-refractivity contribution < 1.29 is 14.3 Å². The zero-order chi connectivity index (χ0) is 18.5. The van der Waals surface area contributed by atoms with Crippen molar-refractivity contribution in [1.82, 2.24) is 4.90 Å². The van der Waals surface area contributed by atoms with E-state index < -0.39 is 0 Å². The van der Waals surface area contributed by atoms with E-state index >= 15 is 0 Å². The van der Waals surface area contributed by atoms with Crippen LogP contribution in [-0.4, -0.2) is 31.7 Å². The number of amides is 2. The van der Waals surface area contributed by atoms with E-state index in [9.17, 15) is 4.79 Å². The van der Waals surface area contributed by atoms with E-state index in [2.05, 4.69) is 24.4 Å². The number of nitrogens with zero attached hydrogens (tertiary/aromatic N) is 1. The van der Waals surface area contributed by atoms with E-state index in [1.807, 2.05) is 17.0 Å². The summed E-state index contributed by atoms with van der Waals surface area (Å²) in [6.07, 6.45) is 4.36. The molecule has 2 heterocycles. The summed E-state index contributed by atoms with van der Waals surface area (Å²) in [6, 6.07) is 9.77. The normalized spacial score (nSPS) is 17.5. The van der Waals surface area contributed by atoms with Gasteiger partial charge in [-0.1, -0.05) is 12.8 Å². The molecule has 5 nitrogen and oxygen atoms in total. The van der Waals surface area contributed by atoms with Crippen molar-refractivity contribution in [1.29, 1.82) is 0 Å². The summed E-state index contributed by atoms with van der Waals surface area (Å²) < 4.78 is 10.6. The standard InChI is InChI=1S/C20H26N2O3S/c1-14-8-9-19(26-14)18-7-5-4-6-10-22(18)20(23)21-15-11-16(24-2)13-17(12-15)25-3/h8-9,11-13,18H,4-7,10H2,1-3H3,(H,21,23)/t18-/m0/s1. The molecule has 0 unspecified atom stereocenters. The van der Waals surface area contributed by atoms with E-state index in [1.54, 1.807) is 31.6 Å². The molecule has 0 saturated carbocycles. The van der Waals surface area contributed by atoms with Crippen LogP contribution in [-0.2, 0) is 0 Å². The third-order valence-electron chi connectivity index (χ3n) is 4.71. The van der Waals surface area contributed by atoms with Crippen LogP contribution in [0, 0.1) is 6.92 Å². The lowest BCUT2D eigenvalue weighted by molar-refractivity contribution is 0.190. The van der Waals surface area contributed by atoms with Gasteiger partial charge in [-0.05, 0) is 31.9 Å². The first kappa shape index (κ1) is 18.6. The Balaban J connectivity index is 1.82. The van der Waals surface area contributed by atoms with Gasteiger partial charge in [0.25, 0.3) is 0 Å². The molecule has 0 aliphatic carbocycles. The van der Waals surface area contributed by atoms with Gasteiger partial charge in [-0.2, -0.15) is 0 Å². The predicted molar refractivity (Wildman–Crippen MR) is 106 cm³/mol. The predicted octanol–water partition coefficient (Wildman–Crippen LogP) is 5.22. The van der Waals surface area contributed by atoms with Crippen LogP contribution in [0.5, 0.6) is 11.5 Å². The lowest BCUT2D eigenvalue weighted by Crippen LogP contribution is -2.37. The molecule has 1 fully saturated rings. The number of thiophene rings is 1. The summed E-state index contributed by atoms with van der Waals surface area (Å²) >= 11 is 1.78. The van der Waals surface area contributed by atoms with Crippen molar-refractivity contribution >= 4 is 23.1 Å². The second-order valence-corrected chi connectivity index (χ2v) is 7.86. The Kier molecular flexibility index (Phi) is 6.04. The number of nitrogens with one attached hydrogen (secondary N) is 1. The molecule has 3 rings (SSSR count). The highest BCUT2D eigenvalue weighted by molar-refractivity contribution is 7.12. The molecular formula is C20H26N2O3S. The molecule has 0 radical (unpaired) electrons. The Hall–Kier alpha value is -2.21. The number of rotatable bonds is 4. The maximum atomic E-state index is 13.0. The molecule has 1 aliphatic rings. The number of benzene rings is 1. The van der Waals surface area contributed by atoms with Crippen LogP contribution in [0.15, 0.2) is 30.3 Å². The summed E-state index contributed by atoms with van der Waals surface area (Å²) in [5, 5.41) is 3.03. The van der Waals surface area contributed by atoms with E-state index in [0.29, 0.717) is 17.2 Å². The number of likely N-dealkylation sites (tertiary alicyclic amines) is 1. The molecule has 6 heteroatoms. The number of anilines is 1. The minimum Gasteiger partial charge on any atom is -0.497 e. The van der Waals surface area contributed by atoms with Gasteiger partial charge in [0.1, 0.15) is 11.5 Å². The minimum atomic E-state index is -0.0711. The second kappa shape index (κ2) is 8.45. The topological polar surface area (TPSA) is 50.8 Å². The van der Waals surface area contributed by atoms with Gasteiger partial charge in [0, 0.05) is 40.2 Å². The highest BCUT2D eigenvalue weighted by Gasteiger charge is 2.28. The molecule has 1 aromatic heterocycles.